The average Bonchev–Trinajstić information content (AvgIpc) is 2.81. The van der Waals surface area contributed by atoms with Crippen molar-refractivity contribution in [1.29, 1.82) is 0 Å². The number of hydrogen-bond donors (Lipinski definition) is 2. The van der Waals surface area contributed by atoms with Gasteiger partial charge >= 0.3 is 0 Å². The maximum Gasteiger partial charge on any atom is 0.240 e. The zero-order chi connectivity index (χ0) is 23.5. The first-order valence-electron chi connectivity index (χ1n) is 11.5. The topological polar surface area (TPSA) is 71.1 Å². The first-order chi connectivity index (χ1) is 16.0. The van der Waals surface area contributed by atoms with Crippen molar-refractivity contribution in [2.75, 3.05) is 18.4 Å². The van der Waals surface area contributed by atoms with E-state index in [0.29, 0.717) is 29.4 Å². The van der Waals surface area contributed by atoms with Crippen molar-refractivity contribution >= 4 is 38.2 Å². The number of rotatable bonds is 13. The van der Waals surface area contributed by atoms with Gasteiger partial charge in [0, 0.05) is 35.4 Å². The smallest absolute Gasteiger partial charge is 0.240 e. The van der Waals surface area contributed by atoms with Gasteiger partial charge in [0.2, 0.25) is 10.0 Å². The van der Waals surface area contributed by atoms with Crippen molar-refractivity contribution in [1.82, 2.24) is 9.71 Å². The Morgan fingerprint density at radius 1 is 0.970 bits per heavy atom. The van der Waals surface area contributed by atoms with Crippen LogP contribution in [-0.4, -0.2) is 26.5 Å². The monoisotopic (exact) mass is 485 g/mol. The van der Waals surface area contributed by atoms with Crippen LogP contribution in [0.4, 0.5) is 5.69 Å². The molecule has 0 aliphatic rings. The Morgan fingerprint density at radius 2 is 1.79 bits per heavy atom. The molecule has 33 heavy (non-hydrogen) atoms. The van der Waals surface area contributed by atoms with Crippen LogP contribution in [-0.2, 0) is 16.4 Å². The number of aromatic nitrogens is 1. The Balaban J connectivity index is 1.42. The fourth-order valence-electron chi connectivity index (χ4n) is 3.59. The molecule has 0 bridgehead atoms. The molecular formula is C26H32ClN3O2S. The van der Waals surface area contributed by atoms with E-state index in [1.54, 1.807) is 18.3 Å². The third kappa shape index (κ3) is 7.84. The lowest BCUT2D eigenvalue weighted by atomic mass is 10.1. The molecule has 0 spiro atoms. The zero-order valence-corrected chi connectivity index (χ0v) is 20.6. The first kappa shape index (κ1) is 25.2. The first-order valence-corrected chi connectivity index (χ1v) is 13.4. The van der Waals surface area contributed by atoms with E-state index in [0.717, 1.165) is 48.7 Å². The molecule has 0 aliphatic heterocycles. The van der Waals surface area contributed by atoms with Crippen LogP contribution in [0.25, 0.3) is 10.9 Å². The molecule has 0 aliphatic carbocycles. The van der Waals surface area contributed by atoms with Crippen molar-refractivity contribution in [3.05, 3.63) is 77.5 Å². The number of nitrogens with one attached hydrogen (secondary N) is 2. The van der Waals surface area contributed by atoms with E-state index in [2.05, 4.69) is 34.1 Å². The van der Waals surface area contributed by atoms with Crippen LogP contribution in [0, 0.1) is 0 Å². The van der Waals surface area contributed by atoms with Crippen LogP contribution < -0.4 is 10.0 Å². The number of aryl methyl sites for hydroxylation is 1. The SMILES string of the molecule is CC/C=C\CCCCc1ccc(S(=O)(=O)NCCCNc2ccnc3cc(Cl)ccc23)cc1. The minimum absolute atomic E-state index is 0.307. The van der Waals surface area contributed by atoms with Gasteiger partial charge in [-0.1, -0.05) is 42.8 Å². The minimum atomic E-state index is -3.51. The lowest BCUT2D eigenvalue weighted by molar-refractivity contribution is 0.580. The molecule has 2 aromatic carbocycles. The summed E-state index contributed by atoms with van der Waals surface area (Å²) in [7, 11) is -3.51. The molecule has 0 atom stereocenters. The van der Waals surface area contributed by atoms with Gasteiger partial charge in [0.25, 0.3) is 0 Å². The standard InChI is InChI=1S/C26H32ClN3O2S/c1-2-3-4-5-6-7-9-21-10-13-23(14-11-21)33(31,32)30-18-8-17-28-25-16-19-29-26-20-22(27)12-15-24(25)26/h3-4,10-16,19-20,30H,2,5-9,17-18H2,1H3,(H,28,29)/b4-3-. The molecule has 1 heterocycles. The van der Waals surface area contributed by atoms with E-state index < -0.39 is 10.0 Å². The molecule has 7 heteroatoms. The Morgan fingerprint density at radius 3 is 2.58 bits per heavy atom. The normalized spacial score (nSPS) is 11.9. The van der Waals surface area contributed by atoms with E-state index >= 15 is 0 Å². The summed E-state index contributed by atoms with van der Waals surface area (Å²) in [4.78, 5) is 4.64. The van der Waals surface area contributed by atoms with Crippen LogP contribution in [0.1, 0.15) is 44.6 Å². The number of halogens is 1. The van der Waals surface area contributed by atoms with Gasteiger partial charge in [-0.05, 0) is 80.5 Å². The number of benzene rings is 2. The molecule has 0 amide bonds. The number of pyridine rings is 1. The number of anilines is 1. The number of unbranched alkanes of at least 4 members (excludes halogenated alkanes) is 2. The van der Waals surface area contributed by atoms with Crippen LogP contribution >= 0.6 is 11.6 Å². The molecule has 1 aromatic heterocycles. The summed E-state index contributed by atoms with van der Waals surface area (Å²) in [5, 5.41) is 4.99. The largest absolute Gasteiger partial charge is 0.384 e. The van der Waals surface area contributed by atoms with Crippen LogP contribution in [0.2, 0.25) is 5.02 Å². The third-order valence-electron chi connectivity index (χ3n) is 5.39. The molecule has 5 nitrogen and oxygen atoms in total. The van der Waals surface area contributed by atoms with Gasteiger partial charge in [0.1, 0.15) is 0 Å². The molecule has 2 N–H and O–H groups in total. The Bertz CT molecular complexity index is 1160. The van der Waals surface area contributed by atoms with Crippen LogP contribution in [0.5, 0.6) is 0 Å². The van der Waals surface area contributed by atoms with Gasteiger partial charge in [-0.3, -0.25) is 4.98 Å². The zero-order valence-electron chi connectivity index (χ0n) is 19.1. The van der Waals surface area contributed by atoms with Crippen LogP contribution in [0.3, 0.4) is 0 Å². The highest BCUT2D eigenvalue weighted by molar-refractivity contribution is 7.89. The second kappa shape index (κ2) is 12.7. The fraction of sp³-hybridized carbons (Fsp3) is 0.346. The Hall–Kier alpha value is -2.41. The highest BCUT2D eigenvalue weighted by Gasteiger charge is 2.13. The van der Waals surface area contributed by atoms with Gasteiger partial charge in [-0.25, -0.2) is 13.1 Å². The molecular weight excluding hydrogens is 454 g/mol. The quantitative estimate of drug-likeness (QED) is 0.218. The minimum Gasteiger partial charge on any atom is -0.384 e. The van der Waals surface area contributed by atoms with Crippen molar-refractivity contribution in [3.63, 3.8) is 0 Å². The second-order valence-corrected chi connectivity index (χ2v) is 10.2. The molecule has 0 saturated heterocycles. The number of allylic oxidation sites excluding steroid dienone is 2. The Labute approximate surface area is 202 Å². The lowest BCUT2D eigenvalue weighted by Crippen LogP contribution is -2.26. The maximum absolute atomic E-state index is 12.6. The summed E-state index contributed by atoms with van der Waals surface area (Å²) < 4.78 is 27.9. The van der Waals surface area contributed by atoms with Crippen LogP contribution in [0.15, 0.2) is 71.8 Å². The average molecular weight is 486 g/mol. The lowest BCUT2D eigenvalue weighted by Gasteiger charge is -2.11. The fourth-order valence-corrected chi connectivity index (χ4v) is 4.83. The summed E-state index contributed by atoms with van der Waals surface area (Å²) in [6.07, 6.45) is 12.2. The molecule has 176 valence electrons. The number of hydrogen-bond acceptors (Lipinski definition) is 4. The van der Waals surface area contributed by atoms with E-state index in [9.17, 15) is 8.42 Å². The molecule has 0 saturated carbocycles. The van der Waals surface area contributed by atoms with E-state index in [1.807, 2.05) is 36.4 Å². The highest BCUT2D eigenvalue weighted by atomic mass is 35.5. The summed E-state index contributed by atoms with van der Waals surface area (Å²) in [5.41, 5.74) is 2.95. The second-order valence-electron chi connectivity index (χ2n) is 7.97. The summed E-state index contributed by atoms with van der Waals surface area (Å²) >= 11 is 6.03. The molecule has 0 fully saturated rings. The Kier molecular flexibility index (Phi) is 9.73. The van der Waals surface area contributed by atoms with E-state index in [1.165, 1.54) is 5.56 Å². The summed E-state index contributed by atoms with van der Waals surface area (Å²) in [5.74, 6) is 0. The van der Waals surface area contributed by atoms with E-state index in [-0.39, 0.29) is 0 Å². The summed E-state index contributed by atoms with van der Waals surface area (Å²) in [6, 6.07) is 14.7. The van der Waals surface area contributed by atoms with Gasteiger partial charge < -0.3 is 5.32 Å². The molecule has 3 rings (SSSR count). The van der Waals surface area contributed by atoms with Gasteiger partial charge in [0.05, 0.1) is 10.4 Å². The highest BCUT2D eigenvalue weighted by Crippen LogP contribution is 2.24. The number of sulfonamides is 1. The maximum atomic E-state index is 12.6. The molecule has 3 aromatic rings. The van der Waals surface area contributed by atoms with Crippen molar-refractivity contribution in [3.8, 4) is 0 Å². The van der Waals surface area contributed by atoms with Gasteiger partial charge in [-0.15, -0.1) is 0 Å². The van der Waals surface area contributed by atoms with Crippen molar-refractivity contribution < 1.29 is 8.42 Å². The number of nitrogens with zero attached hydrogens (tertiary/aromatic N) is 1. The van der Waals surface area contributed by atoms with Crippen molar-refractivity contribution in [2.24, 2.45) is 0 Å². The molecule has 0 radical (unpaired) electrons. The third-order valence-corrected chi connectivity index (χ3v) is 7.10. The molecule has 0 unspecified atom stereocenters. The van der Waals surface area contributed by atoms with Gasteiger partial charge in [-0.2, -0.15) is 0 Å². The summed E-state index contributed by atoms with van der Waals surface area (Å²) in [6.45, 7) is 3.13. The predicted octanol–water partition coefficient (Wildman–Crippen LogP) is 6.35. The van der Waals surface area contributed by atoms with E-state index in [4.69, 9.17) is 11.6 Å². The predicted molar refractivity (Wildman–Crippen MR) is 138 cm³/mol. The number of fused-ring (bicyclic) bond motifs is 1. The van der Waals surface area contributed by atoms with Gasteiger partial charge in [0.15, 0.2) is 0 Å². The van der Waals surface area contributed by atoms with Crippen molar-refractivity contribution in [2.45, 2.75) is 50.3 Å².